The fourth-order valence-electron chi connectivity index (χ4n) is 11.6. The molecule has 0 aliphatic rings. The minimum atomic E-state index is -4.11. The monoisotopic (exact) mass is 1500 g/mol. The maximum absolute atomic E-state index is 14.0. The van der Waals surface area contributed by atoms with E-state index in [2.05, 4.69) is 45.9 Å². The Balaban J connectivity index is 0.000000409. The summed E-state index contributed by atoms with van der Waals surface area (Å²) in [5.74, 6) is 0.749. The van der Waals surface area contributed by atoms with Crippen LogP contribution in [0.3, 0.4) is 0 Å². The molecular formula is C79H84N9O13PRu. The fourth-order valence-corrected chi connectivity index (χ4v) is 12.9. The molecule has 10 heterocycles. The van der Waals surface area contributed by atoms with Gasteiger partial charge >= 0.3 is 19.1 Å². The van der Waals surface area contributed by atoms with Crippen LogP contribution in [0.25, 0.3) is 78.0 Å². The number of carbonyl (C=O) groups is 3. The molecule has 22 nitrogen and oxygen atoms in total. The third kappa shape index (κ3) is 21.5. The second-order valence-corrected chi connectivity index (χ2v) is 26.4. The van der Waals surface area contributed by atoms with Crippen molar-refractivity contribution in [2.75, 3.05) is 26.4 Å². The Labute approximate surface area is 609 Å². The van der Waals surface area contributed by atoms with Crippen molar-refractivity contribution in [1.29, 1.82) is 0 Å². The molecule has 0 saturated carbocycles. The van der Waals surface area contributed by atoms with Crippen molar-refractivity contribution in [2.24, 2.45) is 0 Å². The van der Waals surface area contributed by atoms with Crippen molar-refractivity contribution < 1.29 is 69.7 Å². The molecule has 0 aliphatic heterocycles. The van der Waals surface area contributed by atoms with E-state index in [9.17, 15) is 28.5 Å². The molecule has 12 aromatic rings. The van der Waals surface area contributed by atoms with Gasteiger partial charge in [-0.25, -0.2) is 14.2 Å². The molecule has 24 heteroatoms. The predicted molar refractivity (Wildman–Crippen MR) is 392 cm³/mol. The molecule has 0 bridgehead atoms. The van der Waals surface area contributed by atoms with Crippen molar-refractivity contribution in [2.45, 2.75) is 132 Å². The van der Waals surface area contributed by atoms with Gasteiger partial charge in [0.05, 0.1) is 54.0 Å². The molecule has 0 aliphatic carbocycles. The molecule has 0 unspecified atom stereocenters. The number of furan rings is 2. The number of hydrogen-bond acceptors (Lipinski definition) is 19. The summed E-state index contributed by atoms with van der Waals surface area (Å²) in [6.07, 6.45) is 15.5. The van der Waals surface area contributed by atoms with Crippen LogP contribution in [0.1, 0.15) is 120 Å². The Kier molecular flexibility index (Phi) is 28.3. The van der Waals surface area contributed by atoms with Crippen molar-refractivity contribution in [3.8, 4) is 34.2 Å². The summed E-state index contributed by atoms with van der Waals surface area (Å²) < 4.78 is 54.3. The summed E-state index contributed by atoms with van der Waals surface area (Å²) in [4.78, 5) is 88.7. The number of unbranched alkanes of at least 4 members (excludes halogenated alkanes) is 3. The summed E-state index contributed by atoms with van der Waals surface area (Å²) in [7, 11) is -4.11. The molecule has 0 spiro atoms. The number of aromatic nitrogens is 6. The van der Waals surface area contributed by atoms with Gasteiger partial charge in [-0.05, 0) is 207 Å². The van der Waals surface area contributed by atoms with Crippen LogP contribution in [0.15, 0.2) is 186 Å². The third-order valence-electron chi connectivity index (χ3n) is 17.1. The average Bonchev–Trinajstić information content (AvgIpc) is 1.66. The van der Waals surface area contributed by atoms with Gasteiger partial charge in [-0.3, -0.25) is 57.9 Å². The Bertz CT molecular complexity index is 4690. The van der Waals surface area contributed by atoms with Gasteiger partial charge in [0.25, 0.3) is 0 Å². The predicted octanol–water partition coefficient (Wildman–Crippen LogP) is 15.6. The molecule has 0 radical (unpaired) electrons. The van der Waals surface area contributed by atoms with Crippen LogP contribution < -0.4 is 27.2 Å². The number of nitrogens with zero attached hydrogens (tertiary/aromatic N) is 6. The Hall–Kier alpha value is -10.0. The maximum Gasteiger partial charge on any atom is 0.474 e. The molecule has 103 heavy (non-hydrogen) atoms. The van der Waals surface area contributed by atoms with Gasteiger partial charge < -0.3 is 33.6 Å². The fraction of sp³-hybridized carbons (Fsp3) is 0.304. The van der Waals surface area contributed by atoms with Crippen LogP contribution >= 0.6 is 7.82 Å². The van der Waals surface area contributed by atoms with E-state index in [4.69, 9.17) is 31.2 Å². The van der Waals surface area contributed by atoms with Crippen molar-refractivity contribution in [3.63, 3.8) is 0 Å². The van der Waals surface area contributed by atoms with Crippen LogP contribution in [0.4, 0.5) is 0 Å². The van der Waals surface area contributed by atoms with Gasteiger partial charge in [0, 0.05) is 151 Å². The first-order valence-corrected chi connectivity index (χ1v) is 35.6. The first kappa shape index (κ1) is 77.1. The van der Waals surface area contributed by atoms with E-state index >= 15 is 0 Å². The summed E-state index contributed by atoms with van der Waals surface area (Å²) in [6, 6.07) is 37.9. The van der Waals surface area contributed by atoms with E-state index in [0.717, 1.165) is 108 Å². The Morgan fingerprint density at radius 1 is 0.408 bits per heavy atom. The molecule has 2 aromatic carbocycles. The van der Waals surface area contributed by atoms with E-state index < -0.39 is 19.1 Å². The quantitative estimate of drug-likeness (QED) is 0.0170. The zero-order chi connectivity index (χ0) is 72.0. The van der Waals surface area contributed by atoms with Crippen LogP contribution in [0.5, 0.6) is 0 Å². The van der Waals surface area contributed by atoms with Crippen molar-refractivity contribution >= 4 is 69.4 Å². The molecule has 3 amide bonds. The van der Waals surface area contributed by atoms with E-state index in [0.29, 0.717) is 77.2 Å². The van der Waals surface area contributed by atoms with E-state index in [1.807, 2.05) is 158 Å². The number of hydrogen-bond donors (Lipinski definition) is 3. The second-order valence-electron chi connectivity index (χ2n) is 24.7. The normalized spacial score (nSPS) is 11.2. The van der Waals surface area contributed by atoms with Gasteiger partial charge in [-0.1, -0.05) is 24.3 Å². The van der Waals surface area contributed by atoms with Gasteiger partial charge in [0.2, 0.25) is 17.7 Å². The van der Waals surface area contributed by atoms with Gasteiger partial charge in [0.1, 0.15) is 33.9 Å². The molecule has 12 rings (SSSR count). The van der Waals surface area contributed by atoms with Crippen LogP contribution in [0.2, 0.25) is 0 Å². The standard InChI is InChI=1S/C59H68N5O13P.2C10H8N2.Ru/c1-35-19-22-60-49(27-35)50-30-42(20-23-61-50)15-8-11-21-62-51(65)18-14-26-73-78(70,71-24-12-9-16-52(66)63-33-47-40(6)74-58-38(4)56-43(31-45(47)58)36(2)28-54(68)76-56)72-25-13-10-17-53(67)64-34-48-41(7)75-59-39(5)57-44(32-46(48)59)37(3)29-55(69)77-57;2*1-3-7-11-9(5-1)10-6-2-4-8-12-10;/h19-20,22-23,27-32H,8-18,21,24-26,33-34H2,1-7H3,(H,62,65)(H,63,66)(H,64,67);2*1-8H;. The topological polar surface area (TPSA) is 296 Å². The minimum absolute atomic E-state index is 0. The SMILES string of the molecule is Cc1ccnc(-c2cc(CCCCNC(=O)CCCOP(=O)(OCCCCC(=O)NCc3c(C)oc4c(C)c5oc(=O)cc(C)c5cc34)OCCCCC(=O)NCc3c(C)oc4c(C)c5oc(=O)cc(C)c5cc34)ccn2)c1.[Ru].c1ccc(-c2ccccn2)nc1.c1ccc(-c2ccccn2)nc1. The van der Waals surface area contributed by atoms with Crippen LogP contribution in [-0.2, 0) is 71.5 Å². The van der Waals surface area contributed by atoms with Gasteiger partial charge in [-0.15, -0.1) is 0 Å². The van der Waals surface area contributed by atoms with Crippen molar-refractivity contribution in [1.82, 2.24) is 45.9 Å². The largest absolute Gasteiger partial charge is 0.474 e. The Morgan fingerprint density at radius 2 is 0.806 bits per heavy atom. The number of fused-ring (bicyclic) bond motifs is 4. The maximum atomic E-state index is 14.0. The summed E-state index contributed by atoms with van der Waals surface area (Å²) in [5.41, 5.74) is 13.5. The molecule has 0 fully saturated rings. The summed E-state index contributed by atoms with van der Waals surface area (Å²) in [5, 5.41) is 12.2. The molecule has 536 valence electrons. The zero-order valence-corrected chi connectivity index (χ0v) is 61.5. The number of benzene rings is 2. The number of carbonyl (C=O) groups excluding carboxylic acids is 3. The molecular weight excluding hydrogens is 1410 g/mol. The zero-order valence-electron chi connectivity index (χ0n) is 58.8. The van der Waals surface area contributed by atoms with Gasteiger partial charge in [0.15, 0.2) is 0 Å². The number of rotatable bonds is 29. The number of phosphoric ester groups is 1. The average molecular weight is 1500 g/mol. The van der Waals surface area contributed by atoms with Gasteiger partial charge in [-0.2, -0.15) is 0 Å². The summed E-state index contributed by atoms with van der Waals surface area (Å²) >= 11 is 0. The first-order chi connectivity index (χ1) is 49.4. The number of nitrogens with one attached hydrogen (secondary N) is 3. The van der Waals surface area contributed by atoms with Crippen LogP contribution in [0, 0.1) is 48.5 Å². The van der Waals surface area contributed by atoms with Crippen LogP contribution in [-0.4, -0.2) is 74.0 Å². The van der Waals surface area contributed by atoms with E-state index in [1.54, 1.807) is 37.2 Å². The number of aryl methyl sites for hydroxylation is 8. The second kappa shape index (κ2) is 37.8. The Morgan fingerprint density at radius 3 is 1.24 bits per heavy atom. The molecule has 0 atom stereocenters. The third-order valence-corrected chi connectivity index (χ3v) is 18.6. The smallest absolute Gasteiger partial charge is 0.461 e. The van der Waals surface area contributed by atoms with E-state index in [-0.39, 0.29) is 95.8 Å². The molecule has 10 aromatic heterocycles. The number of pyridine rings is 6. The van der Waals surface area contributed by atoms with E-state index in [1.165, 1.54) is 12.1 Å². The molecule has 0 saturated heterocycles. The number of amides is 3. The molecule has 3 N–H and O–H groups in total. The number of phosphoric acid groups is 1. The first-order valence-electron chi connectivity index (χ1n) is 34.2. The van der Waals surface area contributed by atoms with Crippen molar-refractivity contribution in [3.05, 3.63) is 235 Å². The summed E-state index contributed by atoms with van der Waals surface area (Å²) in [6.45, 7) is 13.9. The minimum Gasteiger partial charge on any atom is -0.461 e.